The van der Waals surface area contributed by atoms with Crippen LogP contribution in [0.2, 0.25) is 0 Å². The summed E-state index contributed by atoms with van der Waals surface area (Å²) in [6, 6.07) is 13.1. The standard InChI is InChI=1S/C22H20FN7O2S2/c1-13-4-3-5-15(10-13)20(32)24-11-18-27-29-22(30(18)17-8-6-16(23)7-9-17)33-12-19(31)25-21-28-26-14(2)34-21/h3-10H,11-12H2,1-2H3,(H,24,32)(H,25,28,31). The third kappa shape index (κ3) is 5.83. The number of aromatic nitrogens is 5. The Labute approximate surface area is 202 Å². The summed E-state index contributed by atoms with van der Waals surface area (Å²) in [7, 11) is 0. The Morgan fingerprint density at radius 3 is 2.56 bits per heavy atom. The predicted molar refractivity (Wildman–Crippen MR) is 128 cm³/mol. The monoisotopic (exact) mass is 497 g/mol. The summed E-state index contributed by atoms with van der Waals surface area (Å²) >= 11 is 2.44. The molecule has 0 atom stereocenters. The molecule has 0 saturated heterocycles. The molecule has 2 heterocycles. The molecule has 2 aromatic carbocycles. The minimum Gasteiger partial charge on any atom is -0.345 e. The van der Waals surface area contributed by atoms with E-state index in [1.165, 1.54) is 23.5 Å². The van der Waals surface area contributed by atoms with Crippen LogP contribution in [0.25, 0.3) is 5.69 Å². The van der Waals surface area contributed by atoms with Gasteiger partial charge in [-0.05, 0) is 50.2 Å². The number of amides is 2. The van der Waals surface area contributed by atoms with Gasteiger partial charge in [0.05, 0.1) is 12.3 Å². The van der Waals surface area contributed by atoms with Gasteiger partial charge in [0.25, 0.3) is 5.91 Å². The van der Waals surface area contributed by atoms with Crippen LogP contribution in [0.3, 0.4) is 0 Å². The van der Waals surface area contributed by atoms with Gasteiger partial charge in [-0.15, -0.1) is 20.4 Å². The number of benzene rings is 2. The largest absolute Gasteiger partial charge is 0.345 e. The molecule has 0 radical (unpaired) electrons. The number of carbonyl (C=O) groups excluding carboxylic acids is 2. The first kappa shape index (κ1) is 23.5. The van der Waals surface area contributed by atoms with E-state index in [1.54, 1.807) is 35.8 Å². The lowest BCUT2D eigenvalue weighted by Crippen LogP contribution is -2.24. The second-order valence-corrected chi connectivity index (χ2v) is 9.35. The Morgan fingerprint density at radius 2 is 1.85 bits per heavy atom. The van der Waals surface area contributed by atoms with Crippen molar-refractivity contribution in [2.24, 2.45) is 0 Å². The van der Waals surface area contributed by atoms with Crippen molar-refractivity contribution in [1.29, 1.82) is 0 Å². The Bertz CT molecular complexity index is 1320. The first-order valence-corrected chi connectivity index (χ1v) is 12.0. The van der Waals surface area contributed by atoms with Crippen LogP contribution in [-0.4, -0.2) is 42.5 Å². The first-order chi connectivity index (χ1) is 16.4. The van der Waals surface area contributed by atoms with Crippen molar-refractivity contribution in [3.63, 3.8) is 0 Å². The number of aryl methyl sites for hydroxylation is 2. The molecule has 0 saturated carbocycles. The molecule has 4 aromatic rings. The molecule has 0 spiro atoms. The number of hydrogen-bond donors (Lipinski definition) is 2. The van der Waals surface area contributed by atoms with Crippen LogP contribution in [0, 0.1) is 19.7 Å². The van der Waals surface area contributed by atoms with Gasteiger partial charge in [-0.3, -0.25) is 19.5 Å². The second kappa shape index (κ2) is 10.5. The van der Waals surface area contributed by atoms with Crippen LogP contribution in [0.15, 0.2) is 53.7 Å². The van der Waals surface area contributed by atoms with Crippen LogP contribution in [0.1, 0.15) is 26.8 Å². The molecule has 0 aliphatic heterocycles. The lowest BCUT2D eigenvalue weighted by Gasteiger charge is -2.11. The zero-order valence-corrected chi connectivity index (χ0v) is 19.9. The predicted octanol–water partition coefficient (Wildman–Crippen LogP) is 3.54. The van der Waals surface area contributed by atoms with E-state index < -0.39 is 0 Å². The fourth-order valence-electron chi connectivity index (χ4n) is 3.04. The highest BCUT2D eigenvalue weighted by Crippen LogP contribution is 2.23. The Balaban J connectivity index is 1.50. The molecule has 0 fully saturated rings. The molecule has 2 N–H and O–H groups in total. The van der Waals surface area contributed by atoms with Crippen molar-refractivity contribution >= 4 is 40.0 Å². The van der Waals surface area contributed by atoms with Gasteiger partial charge in [0.15, 0.2) is 11.0 Å². The normalized spacial score (nSPS) is 10.8. The average molecular weight is 498 g/mol. The van der Waals surface area contributed by atoms with E-state index in [0.717, 1.165) is 22.3 Å². The van der Waals surface area contributed by atoms with Crippen molar-refractivity contribution in [3.05, 3.63) is 76.3 Å². The Kier molecular flexibility index (Phi) is 7.28. The number of anilines is 1. The molecule has 0 aliphatic carbocycles. The zero-order chi connectivity index (χ0) is 24.1. The van der Waals surface area contributed by atoms with Crippen molar-refractivity contribution in [2.45, 2.75) is 25.5 Å². The number of hydrogen-bond acceptors (Lipinski definition) is 8. The molecular weight excluding hydrogens is 477 g/mol. The van der Waals surface area contributed by atoms with Gasteiger partial charge in [-0.25, -0.2) is 4.39 Å². The number of nitrogens with zero attached hydrogens (tertiary/aromatic N) is 5. The quantitative estimate of drug-likeness (QED) is 0.358. The Hall–Kier alpha value is -3.64. The molecule has 0 bridgehead atoms. The summed E-state index contributed by atoms with van der Waals surface area (Å²) in [5, 5.41) is 23.3. The van der Waals surface area contributed by atoms with Crippen LogP contribution in [-0.2, 0) is 11.3 Å². The van der Waals surface area contributed by atoms with Crippen LogP contribution in [0.5, 0.6) is 0 Å². The molecule has 4 rings (SSSR count). The summed E-state index contributed by atoms with van der Waals surface area (Å²) in [5.74, 6) is -0.419. The highest BCUT2D eigenvalue weighted by molar-refractivity contribution is 7.99. The number of thioether (sulfide) groups is 1. The molecule has 2 aromatic heterocycles. The van der Waals surface area contributed by atoms with Gasteiger partial charge in [-0.1, -0.05) is 40.8 Å². The lowest BCUT2D eigenvalue weighted by molar-refractivity contribution is -0.113. The lowest BCUT2D eigenvalue weighted by atomic mass is 10.1. The summed E-state index contributed by atoms with van der Waals surface area (Å²) in [5.41, 5.74) is 2.11. The van der Waals surface area contributed by atoms with Gasteiger partial charge in [0.2, 0.25) is 11.0 Å². The van der Waals surface area contributed by atoms with Crippen LogP contribution in [0.4, 0.5) is 9.52 Å². The zero-order valence-electron chi connectivity index (χ0n) is 18.3. The minimum absolute atomic E-state index is 0.0492. The van der Waals surface area contributed by atoms with Gasteiger partial charge in [-0.2, -0.15) is 0 Å². The smallest absolute Gasteiger partial charge is 0.251 e. The third-order valence-electron chi connectivity index (χ3n) is 4.58. The molecule has 12 heteroatoms. The molecule has 2 amide bonds. The fraction of sp³-hybridized carbons (Fsp3) is 0.182. The summed E-state index contributed by atoms with van der Waals surface area (Å²) in [6.07, 6.45) is 0. The van der Waals surface area contributed by atoms with Gasteiger partial charge < -0.3 is 5.32 Å². The number of nitrogens with one attached hydrogen (secondary N) is 2. The third-order valence-corrected chi connectivity index (χ3v) is 6.26. The van der Waals surface area contributed by atoms with Crippen molar-refractivity contribution in [2.75, 3.05) is 11.1 Å². The molecule has 34 heavy (non-hydrogen) atoms. The van der Waals surface area contributed by atoms with E-state index in [9.17, 15) is 14.0 Å². The van der Waals surface area contributed by atoms with Gasteiger partial charge >= 0.3 is 0 Å². The highest BCUT2D eigenvalue weighted by Gasteiger charge is 2.18. The van der Waals surface area contributed by atoms with E-state index >= 15 is 0 Å². The molecule has 9 nitrogen and oxygen atoms in total. The molecular formula is C22H20FN7O2S2. The Morgan fingerprint density at radius 1 is 1.06 bits per heavy atom. The van der Waals surface area contributed by atoms with E-state index in [2.05, 4.69) is 31.0 Å². The van der Waals surface area contributed by atoms with Crippen molar-refractivity contribution < 1.29 is 14.0 Å². The maximum absolute atomic E-state index is 13.5. The highest BCUT2D eigenvalue weighted by atomic mass is 32.2. The summed E-state index contributed by atoms with van der Waals surface area (Å²) in [4.78, 5) is 24.9. The van der Waals surface area contributed by atoms with Crippen LogP contribution < -0.4 is 10.6 Å². The van der Waals surface area contributed by atoms with E-state index in [0.29, 0.717) is 27.4 Å². The first-order valence-electron chi connectivity index (χ1n) is 10.2. The average Bonchev–Trinajstić information content (AvgIpc) is 3.42. The van der Waals surface area contributed by atoms with E-state index in [-0.39, 0.29) is 29.9 Å². The van der Waals surface area contributed by atoms with Crippen molar-refractivity contribution in [3.8, 4) is 5.69 Å². The van der Waals surface area contributed by atoms with E-state index in [4.69, 9.17) is 0 Å². The molecule has 174 valence electrons. The second-order valence-electron chi connectivity index (χ2n) is 7.23. The van der Waals surface area contributed by atoms with Gasteiger partial charge in [0.1, 0.15) is 10.8 Å². The number of rotatable bonds is 8. The fourth-order valence-corrected chi connectivity index (χ4v) is 4.42. The topological polar surface area (TPSA) is 115 Å². The maximum Gasteiger partial charge on any atom is 0.251 e. The van der Waals surface area contributed by atoms with Crippen LogP contribution >= 0.6 is 23.1 Å². The van der Waals surface area contributed by atoms with Crippen molar-refractivity contribution in [1.82, 2.24) is 30.3 Å². The SMILES string of the molecule is Cc1cccc(C(=O)NCc2nnc(SCC(=O)Nc3nnc(C)s3)n2-c2ccc(F)cc2)c1. The summed E-state index contributed by atoms with van der Waals surface area (Å²) < 4.78 is 15.2. The number of halogens is 1. The van der Waals surface area contributed by atoms with Gasteiger partial charge in [0, 0.05) is 11.3 Å². The molecule has 0 unspecified atom stereocenters. The maximum atomic E-state index is 13.5. The minimum atomic E-state index is -0.382. The summed E-state index contributed by atoms with van der Waals surface area (Å²) in [6.45, 7) is 3.80. The molecule has 0 aliphatic rings. The number of carbonyl (C=O) groups is 2. The van der Waals surface area contributed by atoms with E-state index in [1.807, 2.05) is 19.1 Å².